The summed E-state index contributed by atoms with van der Waals surface area (Å²) in [5.74, 6) is 0.212. The molecule has 2 amide bonds. The lowest BCUT2D eigenvalue weighted by atomic mass is 10.1. The van der Waals surface area contributed by atoms with Gasteiger partial charge in [-0.05, 0) is 62.4 Å². The minimum absolute atomic E-state index is 0.197. The SMILES string of the molecule is CCOc1ccccc1NC(=O)c1c(NC(=O)c2ccccc2C)sc2c1CCC2. The van der Waals surface area contributed by atoms with Gasteiger partial charge in [-0.2, -0.15) is 0 Å². The van der Waals surface area contributed by atoms with E-state index in [4.69, 9.17) is 4.74 Å². The van der Waals surface area contributed by atoms with Gasteiger partial charge in [-0.25, -0.2) is 0 Å². The Morgan fingerprint density at radius 1 is 1.00 bits per heavy atom. The number of hydrogen-bond donors (Lipinski definition) is 2. The van der Waals surface area contributed by atoms with E-state index in [0.717, 1.165) is 30.4 Å². The first-order valence-corrected chi connectivity index (χ1v) is 10.9. The summed E-state index contributed by atoms with van der Waals surface area (Å²) in [4.78, 5) is 27.3. The fourth-order valence-corrected chi connectivity index (χ4v) is 5.05. The summed E-state index contributed by atoms with van der Waals surface area (Å²) in [5.41, 5.74) is 3.75. The number of benzene rings is 2. The fraction of sp³-hybridized carbons (Fsp3) is 0.250. The number of hydrogen-bond acceptors (Lipinski definition) is 4. The molecule has 0 spiro atoms. The Morgan fingerprint density at radius 3 is 2.57 bits per heavy atom. The molecule has 0 bridgehead atoms. The number of carbonyl (C=O) groups excluding carboxylic acids is 2. The molecule has 0 saturated carbocycles. The Kier molecular flexibility index (Phi) is 5.86. The molecule has 2 aromatic carbocycles. The van der Waals surface area contributed by atoms with Gasteiger partial charge in [0.15, 0.2) is 0 Å². The van der Waals surface area contributed by atoms with Crippen LogP contribution in [-0.4, -0.2) is 18.4 Å². The van der Waals surface area contributed by atoms with Crippen molar-refractivity contribution in [2.45, 2.75) is 33.1 Å². The summed E-state index contributed by atoms with van der Waals surface area (Å²) < 4.78 is 5.63. The highest BCUT2D eigenvalue weighted by Gasteiger charge is 2.28. The van der Waals surface area contributed by atoms with Gasteiger partial charge in [-0.3, -0.25) is 9.59 Å². The van der Waals surface area contributed by atoms with Crippen molar-refractivity contribution in [3.63, 3.8) is 0 Å². The van der Waals surface area contributed by atoms with Crippen molar-refractivity contribution in [2.75, 3.05) is 17.2 Å². The monoisotopic (exact) mass is 420 g/mol. The minimum Gasteiger partial charge on any atom is -0.492 e. The number of amides is 2. The van der Waals surface area contributed by atoms with Crippen LogP contribution >= 0.6 is 11.3 Å². The molecule has 0 aliphatic heterocycles. The average Bonchev–Trinajstić information content (AvgIpc) is 3.30. The van der Waals surface area contributed by atoms with Gasteiger partial charge in [0.1, 0.15) is 10.8 Å². The molecule has 5 nitrogen and oxygen atoms in total. The molecule has 3 aromatic rings. The number of thiophene rings is 1. The van der Waals surface area contributed by atoms with Crippen LogP contribution in [0.5, 0.6) is 5.75 Å². The first-order valence-electron chi connectivity index (χ1n) is 10.1. The van der Waals surface area contributed by atoms with Crippen molar-refractivity contribution in [2.24, 2.45) is 0 Å². The summed E-state index contributed by atoms with van der Waals surface area (Å²) in [6, 6.07) is 14.8. The summed E-state index contributed by atoms with van der Waals surface area (Å²) in [5, 5.41) is 6.59. The van der Waals surface area contributed by atoms with Gasteiger partial charge in [-0.1, -0.05) is 30.3 Å². The van der Waals surface area contributed by atoms with Gasteiger partial charge >= 0.3 is 0 Å². The molecule has 0 saturated heterocycles. The van der Waals surface area contributed by atoms with Crippen LogP contribution in [0.3, 0.4) is 0 Å². The number of carbonyl (C=O) groups is 2. The largest absolute Gasteiger partial charge is 0.492 e. The van der Waals surface area contributed by atoms with Crippen molar-refractivity contribution in [1.29, 1.82) is 0 Å². The van der Waals surface area contributed by atoms with Crippen molar-refractivity contribution in [1.82, 2.24) is 0 Å². The van der Waals surface area contributed by atoms with Gasteiger partial charge in [0, 0.05) is 10.4 Å². The second-order valence-electron chi connectivity index (χ2n) is 7.21. The molecule has 30 heavy (non-hydrogen) atoms. The van der Waals surface area contributed by atoms with Crippen molar-refractivity contribution in [3.8, 4) is 5.75 Å². The van der Waals surface area contributed by atoms with Gasteiger partial charge in [0.25, 0.3) is 11.8 Å². The predicted octanol–water partition coefficient (Wildman–Crippen LogP) is 5.45. The second-order valence-corrected chi connectivity index (χ2v) is 8.32. The van der Waals surface area contributed by atoms with E-state index in [0.29, 0.717) is 34.2 Å². The van der Waals surface area contributed by atoms with Crippen LogP contribution in [0.1, 0.15) is 50.1 Å². The van der Waals surface area contributed by atoms with E-state index in [2.05, 4.69) is 10.6 Å². The predicted molar refractivity (Wildman–Crippen MR) is 121 cm³/mol. The zero-order valence-electron chi connectivity index (χ0n) is 17.1. The molecular formula is C24H24N2O3S. The van der Waals surface area contributed by atoms with Crippen molar-refractivity contribution < 1.29 is 14.3 Å². The lowest BCUT2D eigenvalue weighted by molar-refractivity contribution is 0.102. The van der Waals surface area contributed by atoms with Crippen LogP contribution in [0.4, 0.5) is 10.7 Å². The maximum atomic E-state index is 13.3. The van der Waals surface area contributed by atoms with Crippen molar-refractivity contribution in [3.05, 3.63) is 75.7 Å². The quantitative estimate of drug-likeness (QED) is 0.557. The van der Waals surface area contributed by atoms with E-state index < -0.39 is 0 Å². The molecule has 1 aliphatic carbocycles. The van der Waals surface area contributed by atoms with Crippen LogP contribution in [0.25, 0.3) is 0 Å². The Hall–Kier alpha value is -3.12. The molecule has 0 fully saturated rings. The highest BCUT2D eigenvalue weighted by Crippen LogP contribution is 2.40. The third-order valence-electron chi connectivity index (χ3n) is 5.20. The second kappa shape index (κ2) is 8.71. The van der Waals surface area contributed by atoms with E-state index in [9.17, 15) is 9.59 Å². The highest BCUT2D eigenvalue weighted by molar-refractivity contribution is 7.17. The number of rotatable bonds is 6. The number of ether oxygens (including phenoxy) is 1. The summed E-state index contributed by atoms with van der Waals surface area (Å²) in [6.45, 7) is 4.32. The third-order valence-corrected chi connectivity index (χ3v) is 6.41. The van der Waals surface area contributed by atoms with E-state index in [1.165, 1.54) is 16.2 Å². The number of anilines is 2. The number of para-hydroxylation sites is 2. The molecule has 1 heterocycles. The summed E-state index contributed by atoms with van der Waals surface area (Å²) >= 11 is 1.51. The molecule has 4 rings (SSSR count). The summed E-state index contributed by atoms with van der Waals surface area (Å²) in [7, 11) is 0. The third kappa shape index (κ3) is 3.96. The minimum atomic E-state index is -0.221. The molecule has 1 aromatic heterocycles. The van der Waals surface area contributed by atoms with Crippen LogP contribution in [0.15, 0.2) is 48.5 Å². The number of nitrogens with one attached hydrogen (secondary N) is 2. The molecule has 6 heteroatoms. The van der Waals surface area contributed by atoms with Crippen LogP contribution in [-0.2, 0) is 12.8 Å². The maximum Gasteiger partial charge on any atom is 0.259 e. The number of aryl methyl sites for hydroxylation is 2. The van der Waals surface area contributed by atoms with Gasteiger partial charge in [0.05, 0.1) is 17.9 Å². The molecular weight excluding hydrogens is 396 g/mol. The Labute approximate surface area is 180 Å². The Bertz CT molecular complexity index is 1100. The fourth-order valence-electron chi connectivity index (χ4n) is 3.77. The molecule has 0 radical (unpaired) electrons. The molecule has 2 N–H and O–H groups in total. The molecule has 0 atom stereocenters. The van der Waals surface area contributed by atoms with Gasteiger partial charge < -0.3 is 15.4 Å². The Balaban J connectivity index is 1.64. The van der Waals surface area contributed by atoms with Crippen LogP contribution < -0.4 is 15.4 Å². The number of fused-ring (bicyclic) bond motifs is 1. The first-order chi connectivity index (χ1) is 14.6. The lowest BCUT2D eigenvalue weighted by Gasteiger charge is -2.13. The van der Waals surface area contributed by atoms with Gasteiger partial charge in [0.2, 0.25) is 0 Å². The summed E-state index contributed by atoms with van der Waals surface area (Å²) in [6.07, 6.45) is 2.82. The zero-order valence-corrected chi connectivity index (χ0v) is 17.9. The van der Waals surface area contributed by atoms with Crippen molar-refractivity contribution >= 4 is 33.8 Å². The first kappa shape index (κ1) is 20.2. The molecule has 154 valence electrons. The lowest BCUT2D eigenvalue weighted by Crippen LogP contribution is -2.18. The normalized spacial score (nSPS) is 12.3. The molecule has 1 aliphatic rings. The Morgan fingerprint density at radius 2 is 1.77 bits per heavy atom. The average molecular weight is 421 g/mol. The van der Waals surface area contributed by atoms with E-state index >= 15 is 0 Å². The van der Waals surface area contributed by atoms with E-state index in [-0.39, 0.29) is 11.8 Å². The topological polar surface area (TPSA) is 67.4 Å². The maximum absolute atomic E-state index is 13.3. The zero-order chi connectivity index (χ0) is 21.1. The van der Waals surface area contributed by atoms with E-state index in [1.807, 2.05) is 56.3 Å². The standard InChI is InChI=1S/C24H24N2O3S/c1-3-29-19-13-7-6-12-18(19)25-23(28)21-17-11-8-14-20(17)30-24(21)26-22(27)16-10-5-4-9-15(16)2/h4-7,9-10,12-13H,3,8,11,14H2,1-2H3,(H,25,28)(H,26,27). The smallest absolute Gasteiger partial charge is 0.259 e. The van der Waals surface area contributed by atoms with Crippen LogP contribution in [0.2, 0.25) is 0 Å². The van der Waals surface area contributed by atoms with Gasteiger partial charge in [-0.15, -0.1) is 11.3 Å². The molecule has 0 unspecified atom stereocenters. The van der Waals surface area contributed by atoms with E-state index in [1.54, 1.807) is 6.07 Å². The van der Waals surface area contributed by atoms with Crippen LogP contribution in [0, 0.1) is 6.92 Å². The highest BCUT2D eigenvalue weighted by atomic mass is 32.1.